The van der Waals surface area contributed by atoms with Crippen LogP contribution in [0.5, 0.6) is 0 Å². The first-order valence-electron chi connectivity index (χ1n) is 7.06. The van der Waals surface area contributed by atoms with Crippen LogP contribution in [0.3, 0.4) is 0 Å². The Bertz CT molecular complexity index is 437. The Kier molecular flexibility index (Phi) is 4.93. The van der Waals surface area contributed by atoms with Crippen LogP contribution in [0.2, 0.25) is 0 Å². The van der Waals surface area contributed by atoms with E-state index in [1.807, 2.05) is 0 Å². The zero-order chi connectivity index (χ0) is 13.8. The van der Waals surface area contributed by atoms with E-state index < -0.39 is 5.97 Å². The van der Waals surface area contributed by atoms with Crippen molar-refractivity contribution in [2.45, 2.75) is 45.4 Å². The highest BCUT2D eigenvalue weighted by Crippen LogP contribution is 2.42. The minimum absolute atomic E-state index is 0.134. The van der Waals surface area contributed by atoms with Gasteiger partial charge in [0.1, 0.15) is 0 Å². The van der Waals surface area contributed by atoms with E-state index in [-0.39, 0.29) is 6.42 Å². The predicted octanol–water partition coefficient (Wildman–Crippen LogP) is 2.53. The van der Waals surface area contributed by atoms with Gasteiger partial charge in [0, 0.05) is 23.8 Å². The Labute approximate surface area is 118 Å². The minimum atomic E-state index is -0.749. The maximum atomic E-state index is 10.9. The fourth-order valence-corrected chi connectivity index (χ4v) is 3.39. The summed E-state index contributed by atoms with van der Waals surface area (Å²) in [6.45, 7) is 7.45. The number of rotatable bonds is 8. The van der Waals surface area contributed by atoms with E-state index in [0.717, 1.165) is 41.6 Å². The molecule has 1 N–H and O–H groups in total. The summed E-state index contributed by atoms with van der Waals surface area (Å²) in [4.78, 5) is 18.9. The van der Waals surface area contributed by atoms with Gasteiger partial charge in [-0.25, -0.2) is 4.98 Å². The van der Waals surface area contributed by atoms with E-state index in [1.165, 1.54) is 12.8 Å². The van der Waals surface area contributed by atoms with Gasteiger partial charge in [-0.3, -0.25) is 4.79 Å². The molecule has 0 radical (unpaired) electrons. The molecule has 19 heavy (non-hydrogen) atoms. The van der Waals surface area contributed by atoms with E-state index in [0.29, 0.717) is 5.92 Å². The molecule has 0 aromatic carbocycles. The summed E-state index contributed by atoms with van der Waals surface area (Å²) < 4.78 is 0. The zero-order valence-electron chi connectivity index (χ0n) is 11.7. The highest BCUT2D eigenvalue weighted by Gasteiger charge is 2.30. The van der Waals surface area contributed by atoms with Crippen molar-refractivity contribution in [3.63, 3.8) is 0 Å². The van der Waals surface area contributed by atoms with Gasteiger partial charge in [0.15, 0.2) is 0 Å². The van der Waals surface area contributed by atoms with Gasteiger partial charge in [-0.05, 0) is 25.9 Å². The van der Waals surface area contributed by atoms with Crippen LogP contribution in [0.25, 0.3) is 0 Å². The lowest BCUT2D eigenvalue weighted by molar-refractivity contribution is -0.136. The van der Waals surface area contributed by atoms with Crippen molar-refractivity contribution in [2.24, 2.45) is 0 Å². The fraction of sp³-hybridized carbons (Fsp3) is 0.714. The van der Waals surface area contributed by atoms with E-state index in [2.05, 4.69) is 18.7 Å². The van der Waals surface area contributed by atoms with Crippen LogP contribution < -0.4 is 0 Å². The Morgan fingerprint density at radius 1 is 1.42 bits per heavy atom. The van der Waals surface area contributed by atoms with E-state index in [9.17, 15) is 4.79 Å². The second-order valence-electron chi connectivity index (χ2n) is 5.04. The van der Waals surface area contributed by atoms with E-state index in [4.69, 9.17) is 10.1 Å². The van der Waals surface area contributed by atoms with Crippen LogP contribution in [0, 0.1) is 0 Å². The van der Waals surface area contributed by atoms with Gasteiger partial charge in [0.2, 0.25) is 0 Å². The first kappa shape index (κ1) is 14.5. The highest BCUT2D eigenvalue weighted by molar-refractivity contribution is 7.11. The molecule has 0 amide bonds. The Balaban J connectivity index is 2.02. The number of carboxylic acid groups (broad SMARTS) is 1. The van der Waals surface area contributed by atoms with Crippen LogP contribution in [0.4, 0.5) is 0 Å². The molecule has 4 nitrogen and oxygen atoms in total. The topological polar surface area (TPSA) is 53.4 Å². The number of aliphatic carboxylic acids is 1. The molecule has 0 spiro atoms. The van der Waals surface area contributed by atoms with E-state index in [1.54, 1.807) is 11.3 Å². The summed E-state index contributed by atoms with van der Waals surface area (Å²) in [5.74, 6) is -0.214. The Hall–Kier alpha value is -0.940. The van der Waals surface area contributed by atoms with Gasteiger partial charge >= 0.3 is 5.97 Å². The van der Waals surface area contributed by atoms with Gasteiger partial charge in [-0.2, -0.15) is 0 Å². The Morgan fingerprint density at radius 2 is 2.11 bits per heavy atom. The molecule has 0 atom stereocenters. The molecule has 0 aliphatic heterocycles. The third kappa shape index (κ3) is 4.01. The number of aromatic nitrogens is 1. The molecule has 1 fully saturated rings. The molecule has 0 saturated heterocycles. The molecule has 2 rings (SSSR count). The number of nitrogens with zero attached hydrogens (tertiary/aromatic N) is 2. The summed E-state index contributed by atoms with van der Waals surface area (Å²) >= 11 is 1.60. The zero-order valence-corrected chi connectivity index (χ0v) is 12.5. The summed E-state index contributed by atoms with van der Waals surface area (Å²) in [6, 6.07) is 0. The molecule has 0 unspecified atom stereocenters. The van der Waals surface area contributed by atoms with Crippen molar-refractivity contribution in [1.29, 1.82) is 0 Å². The molecule has 0 bridgehead atoms. The first-order chi connectivity index (χ1) is 9.13. The number of likely N-dealkylation sites (N-methyl/N-ethyl adjacent to an activating group) is 1. The standard InChI is InChI=1S/C14H22N2O2S/c1-3-16(4-2)8-7-12-15-14(10-5-6-10)11(19-12)9-13(17)18/h10H,3-9H2,1-2H3,(H,17,18). The van der Waals surface area contributed by atoms with Crippen molar-refractivity contribution < 1.29 is 9.90 Å². The van der Waals surface area contributed by atoms with Crippen LogP contribution in [-0.2, 0) is 17.6 Å². The molecule has 1 aliphatic rings. The summed E-state index contributed by atoms with van der Waals surface area (Å²) in [5, 5.41) is 10.1. The minimum Gasteiger partial charge on any atom is -0.481 e. The quantitative estimate of drug-likeness (QED) is 0.796. The van der Waals surface area contributed by atoms with Crippen LogP contribution in [0.15, 0.2) is 0 Å². The molecular weight excluding hydrogens is 260 g/mol. The van der Waals surface area contributed by atoms with Crippen molar-refractivity contribution in [1.82, 2.24) is 9.88 Å². The molecule has 1 aromatic rings. The molecule has 1 heterocycles. The van der Waals surface area contributed by atoms with E-state index >= 15 is 0 Å². The average Bonchev–Trinajstić information content (AvgIpc) is 3.14. The van der Waals surface area contributed by atoms with Gasteiger partial charge in [0.05, 0.1) is 17.1 Å². The lowest BCUT2D eigenvalue weighted by Crippen LogP contribution is -2.25. The largest absolute Gasteiger partial charge is 0.481 e. The second kappa shape index (κ2) is 6.48. The SMILES string of the molecule is CCN(CC)CCc1nc(C2CC2)c(CC(=O)O)s1. The number of carbonyl (C=O) groups is 1. The summed E-state index contributed by atoms with van der Waals surface area (Å²) in [7, 11) is 0. The number of hydrogen-bond donors (Lipinski definition) is 1. The second-order valence-corrected chi connectivity index (χ2v) is 6.21. The lowest BCUT2D eigenvalue weighted by Gasteiger charge is -2.16. The van der Waals surface area contributed by atoms with Crippen LogP contribution in [-0.4, -0.2) is 40.6 Å². The first-order valence-corrected chi connectivity index (χ1v) is 7.88. The van der Waals surface area contributed by atoms with Crippen molar-refractivity contribution in [3.05, 3.63) is 15.6 Å². The van der Waals surface area contributed by atoms with Gasteiger partial charge in [0.25, 0.3) is 0 Å². The van der Waals surface area contributed by atoms with Gasteiger partial charge in [-0.1, -0.05) is 13.8 Å². The number of hydrogen-bond acceptors (Lipinski definition) is 4. The number of thiazole rings is 1. The van der Waals surface area contributed by atoms with Crippen molar-refractivity contribution >= 4 is 17.3 Å². The molecule has 5 heteroatoms. The molecule has 1 saturated carbocycles. The smallest absolute Gasteiger partial charge is 0.308 e. The maximum absolute atomic E-state index is 10.9. The molecule has 1 aromatic heterocycles. The molecular formula is C14H22N2O2S. The summed E-state index contributed by atoms with van der Waals surface area (Å²) in [6.07, 6.45) is 3.41. The normalized spacial score (nSPS) is 15.1. The third-order valence-electron chi connectivity index (χ3n) is 3.58. The average molecular weight is 282 g/mol. The Morgan fingerprint density at radius 3 is 2.63 bits per heavy atom. The lowest BCUT2D eigenvalue weighted by atomic mass is 10.2. The molecule has 106 valence electrons. The van der Waals surface area contributed by atoms with Crippen molar-refractivity contribution in [2.75, 3.05) is 19.6 Å². The van der Waals surface area contributed by atoms with Crippen LogP contribution >= 0.6 is 11.3 Å². The highest BCUT2D eigenvalue weighted by atomic mass is 32.1. The van der Waals surface area contributed by atoms with Gasteiger partial charge < -0.3 is 10.0 Å². The maximum Gasteiger partial charge on any atom is 0.308 e. The third-order valence-corrected chi connectivity index (χ3v) is 4.71. The monoisotopic (exact) mass is 282 g/mol. The predicted molar refractivity (Wildman–Crippen MR) is 76.9 cm³/mol. The molecule has 1 aliphatic carbocycles. The van der Waals surface area contributed by atoms with Gasteiger partial charge in [-0.15, -0.1) is 11.3 Å². The summed E-state index contributed by atoms with van der Waals surface area (Å²) in [5.41, 5.74) is 1.07. The number of carboxylic acids is 1. The fourth-order valence-electron chi connectivity index (χ4n) is 2.25. The van der Waals surface area contributed by atoms with Crippen molar-refractivity contribution in [3.8, 4) is 0 Å². The van der Waals surface area contributed by atoms with Crippen LogP contribution in [0.1, 0.15) is 48.2 Å².